The lowest BCUT2D eigenvalue weighted by atomic mass is 10.2. The summed E-state index contributed by atoms with van der Waals surface area (Å²) in [5.41, 5.74) is -0.668. The molecule has 0 unspecified atom stereocenters. The standard InChI is InChI=1S/C12H21NO5/c1-5-6-7-17-8-9(10(14)15)13-11(16)18-12(2,3)4/h5-6,9H,7-8H2,1-4H3,(H,13,16)(H,14,15)/b6-5+/t9-/m0/s1. The molecule has 104 valence electrons. The minimum Gasteiger partial charge on any atom is -0.480 e. The summed E-state index contributed by atoms with van der Waals surface area (Å²) in [6.07, 6.45) is 2.76. The second-order valence-electron chi connectivity index (χ2n) is 4.64. The van der Waals surface area contributed by atoms with Crippen LogP contribution in [0.4, 0.5) is 4.79 Å². The summed E-state index contributed by atoms with van der Waals surface area (Å²) in [6.45, 7) is 7.12. The van der Waals surface area contributed by atoms with Crippen LogP contribution in [0.15, 0.2) is 12.2 Å². The normalized spacial score (nSPS) is 13.3. The number of rotatable bonds is 6. The summed E-state index contributed by atoms with van der Waals surface area (Å²) < 4.78 is 10.1. The van der Waals surface area contributed by atoms with Crippen molar-refractivity contribution in [3.63, 3.8) is 0 Å². The van der Waals surface area contributed by atoms with Crippen molar-refractivity contribution in [1.82, 2.24) is 5.32 Å². The lowest BCUT2D eigenvalue weighted by Gasteiger charge is -2.21. The van der Waals surface area contributed by atoms with E-state index >= 15 is 0 Å². The highest BCUT2D eigenvalue weighted by Gasteiger charge is 2.23. The Bertz CT molecular complexity index is 306. The fraction of sp³-hybridized carbons (Fsp3) is 0.667. The Hall–Kier alpha value is -1.56. The van der Waals surface area contributed by atoms with Crippen LogP contribution >= 0.6 is 0 Å². The lowest BCUT2D eigenvalue weighted by molar-refractivity contribution is -0.141. The molecular formula is C12H21NO5. The van der Waals surface area contributed by atoms with Gasteiger partial charge >= 0.3 is 12.1 Å². The van der Waals surface area contributed by atoms with Crippen molar-refractivity contribution >= 4 is 12.1 Å². The number of nitrogens with one attached hydrogen (secondary N) is 1. The Balaban J connectivity index is 4.19. The molecule has 1 atom stereocenters. The predicted octanol–water partition coefficient (Wildman–Crippen LogP) is 1.56. The van der Waals surface area contributed by atoms with Gasteiger partial charge in [0.1, 0.15) is 5.60 Å². The summed E-state index contributed by atoms with van der Waals surface area (Å²) in [7, 11) is 0. The van der Waals surface area contributed by atoms with E-state index in [1.165, 1.54) is 0 Å². The Kier molecular flexibility index (Phi) is 7.04. The zero-order valence-corrected chi connectivity index (χ0v) is 11.2. The van der Waals surface area contributed by atoms with Crippen molar-refractivity contribution in [2.45, 2.75) is 39.3 Å². The third-order valence-electron chi connectivity index (χ3n) is 1.72. The molecule has 0 aliphatic heterocycles. The molecule has 0 fully saturated rings. The van der Waals surface area contributed by atoms with E-state index in [4.69, 9.17) is 14.6 Å². The summed E-state index contributed by atoms with van der Waals surface area (Å²) >= 11 is 0. The van der Waals surface area contributed by atoms with E-state index in [1.54, 1.807) is 32.9 Å². The third-order valence-corrected chi connectivity index (χ3v) is 1.72. The van der Waals surface area contributed by atoms with Crippen molar-refractivity contribution in [1.29, 1.82) is 0 Å². The van der Waals surface area contributed by atoms with E-state index in [9.17, 15) is 9.59 Å². The van der Waals surface area contributed by atoms with E-state index in [0.29, 0.717) is 6.61 Å². The topological polar surface area (TPSA) is 84.9 Å². The number of aliphatic carboxylic acids is 1. The fourth-order valence-electron chi connectivity index (χ4n) is 0.975. The van der Waals surface area contributed by atoms with Crippen LogP contribution in [0.2, 0.25) is 0 Å². The smallest absolute Gasteiger partial charge is 0.408 e. The van der Waals surface area contributed by atoms with Crippen LogP contribution in [0.5, 0.6) is 0 Å². The van der Waals surface area contributed by atoms with E-state index in [0.717, 1.165) is 0 Å². The maximum atomic E-state index is 11.4. The van der Waals surface area contributed by atoms with Gasteiger partial charge in [0, 0.05) is 0 Å². The lowest BCUT2D eigenvalue weighted by Crippen LogP contribution is -2.46. The number of carboxylic acids is 1. The maximum absolute atomic E-state index is 11.4. The molecule has 0 aromatic carbocycles. The molecule has 0 saturated carbocycles. The quantitative estimate of drug-likeness (QED) is 0.558. The first kappa shape index (κ1) is 16.4. The number of alkyl carbamates (subject to hydrolysis) is 1. The van der Waals surface area contributed by atoms with Crippen LogP contribution in [-0.2, 0) is 14.3 Å². The first-order chi connectivity index (χ1) is 8.26. The van der Waals surface area contributed by atoms with Crippen LogP contribution in [0.3, 0.4) is 0 Å². The highest BCUT2D eigenvalue weighted by atomic mass is 16.6. The predicted molar refractivity (Wildman–Crippen MR) is 66.4 cm³/mol. The zero-order valence-electron chi connectivity index (χ0n) is 11.2. The zero-order chi connectivity index (χ0) is 14.2. The monoisotopic (exact) mass is 259 g/mol. The van der Waals surface area contributed by atoms with Gasteiger partial charge in [-0.15, -0.1) is 0 Å². The summed E-state index contributed by atoms with van der Waals surface area (Å²) in [5.74, 6) is -1.17. The van der Waals surface area contributed by atoms with E-state index < -0.39 is 23.7 Å². The van der Waals surface area contributed by atoms with Crippen molar-refractivity contribution in [3.05, 3.63) is 12.2 Å². The molecule has 0 spiro atoms. The number of allylic oxidation sites excluding steroid dienone is 1. The first-order valence-electron chi connectivity index (χ1n) is 5.67. The van der Waals surface area contributed by atoms with Crippen LogP contribution in [-0.4, -0.2) is 42.0 Å². The summed E-state index contributed by atoms with van der Waals surface area (Å²) in [4.78, 5) is 22.3. The number of carbonyl (C=O) groups excluding carboxylic acids is 1. The number of ether oxygens (including phenoxy) is 2. The largest absolute Gasteiger partial charge is 0.480 e. The minimum absolute atomic E-state index is 0.112. The molecule has 6 heteroatoms. The summed E-state index contributed by atoms with van der Waals surface area (Å²) in [5, 5.41) is 11.1. The molecular weight excluding hydrogens is 238 g/mol. The number of carbonyl (C=O) groups is 2. The van der Waals surface area contributed by atoms with Gasteiger partial charge in [0.2, 0.25) is 0 Å². The molecule has 2 N–H and O–H groups in total. The van der Waals surface area contributed by atoms with Crippen LogP contribution in [0, 0.1) is 0 Å². The highest BCUT2D eigenvalue weighted by Crippen LogP contribution is 2.06. The second-order valence-corrected chi connectivity index (χ2v) is 4.64. The molecule has 0 aliphatic carbocycles. The molecule has 6 nitrogen and oxygen atoms in total. The highest BCUT2D eigenvalue weighted by molar-refractivity contribution is 5.80. The molecule has 0 heterocycles. The average Bonchev–Trinajstić information content (AvgIpc) is 2.19. The van der Waals surface area contributed by atoms with Gasteiger partial charge in [-0.2, -0.15) is 0 Å². The van der Waals surface area contributed by atoms with Gasteiger partial charge in [-0.25, -0.2) is 9.59 Å². The van der Waals surface area contributed by atoms with Gasteiger partial charge in [0.25, 0.3) is 0 Å². The first-order valence-corrected chi connectivity index (χ1v) is 5.67. The SMILES string of the molecule is C/C=C/COC[C@H](NC(=O)OC(C)(C)C)C(=O)O. The van der Waals surface area contributed by atoms with Crippen LogP contribution in [0.25, 0.3) is 0 Å². The molecule has 0 aliphatic rings. The Morgan fingerprint density at radius 2 is 2.00 bits per heavy atom. The molecule has 1 amide bonds. The molecule has 0 radical (unpaired) electrons. The molecule has 0 aromatic heterocycles. The van der Waals surface area contributed by atoms with Gasteiger partial charge in [-0.1, -0.05) is 12.2 Å². The van der Waals surface area contributed by atoms with E-state index in [2.05, 4.69) is 5.32 Å². The number of amides is 1. The summed E-state index contributed by atoms with van der Waals surface area (Å²) in [6, 6.07) is -1.12. The van der Waals surface area contributed by atoms with Crippen LogP contribution in [0.1, 0.15) is 27.7 Å². The van der Waals surface area contributed by atoms with Gasteiger partial charge in [-0.05, 0) is 27.7 Å². The minimum atomic E-state index is -1.17. The van der Waals surface area contributed by atoms with E-state index in [-0.39, 0.29) is 6.61 Å². The average molecular weight is 259 g/mol. The van der Waals surface area contributed by atoms with Crippen molar-refractivity contribution in [2.24, 2.45) is 0 Å². The Morgan fingerprint density at radius 1 is 1.39 bits per heavy atom. The molecule has 18 heavy (non-hydrogen) atoms. The van der Waals surface area contributed by atoms with Gasteiger partial charge in [-0.3, -0.25) is 0 Å². The van der Waals surface area contributed by atoms with Crippen molar-refractivity contribution in [3.8, 4) is 0 Å². The number of carboxylic acid groups (broad SMARTS) is 1. The molecule has 0 saturated heterocycles. The molecule has 0 rings (SSSR count). The van der Waals surface area contributed by atoms with Gasteiger partial charge in [0.15, 0.2) is 6.04 Å². The Labute approximate surface area is 107 Å². The van der Waals surface area contributed by atoms with Crippen LogP contribution < -0.4 is 5.32 Å². The van der Waals surface area contributed by atoms with Crippen molar-refractivity contribution < 1.29 is 24.2 Å². The molecule has 0 bridgehead atoms. The van der Waals surface area contributed by atoms with Crippen molar-refractivity contribution in [2.75, 3.05) is 13.2 Å². The molecule has 0 aromatic rings. The van der Waals surface area contributed by atoms with E-state index in [1.807, 2.05) is 6.92 Å². The number of hydrogen-bond acceptors (Lipinski definition) is 4. The number of hydrogen-bond donors (Lipinski definition) is 2. The van der Waals surface area contributed by atoms with Gasteiger partial charge in [0.05, 0.1) is 13.2 Å². The Morgan fingerprint density at radius 3 is 2.44 bits per heavy atom. The maximum Gasteiger partial charge on any atom is 0.408 e. The van der Waals surface area contributed by atoms with Gasteiger partial charge < -0.3 is 19.9 Å². The third kappa shape index (κ3) is 8.58. The fourth-order valence-corrected chi connectivity index (χ4v) is 0.975. The second kappa shape index (κ2) is 7.71.